The molecule has 0 bridgehead atoms. The Balaban J connectivity index is 1.89. The first-order chi connectivity index (χ1) is 8.13. The second-order valence-corrected chi connectivity index (χ2v) is 6.67. The van der Waals surface area contributed by atoms with Crippen LogP contribution in [0.5, 0.6) is 0 Å². The first kappa shape index (κ1) is 13.4. The standard InChI is InChI=1S/C15H30N2/c1-4-17(3)12-15(11-16-14-5-6-14)9-7-13(2)8-10-15/h13-14,16H,4-12H2,1-3H3. The van der Waals surface area contributed by atoms with Crippen LogP contribution in [0.3, 0.4) is 0 Å². The molecule has 2 fully saturated rings. The number of hydrogen-bond donors (Lipinski definition) is 1. The van der Waals surface area contributed by atoms with Crippen LogP contribution < -0.4 is 5.32 Å². The maximum absolute atomic E-state index is 3.78. The molecular formula is C15H30N2. The third-order valence-corrected chi connectivity index (χ3v) is 4.82. The smallest absolute Gasteiger partial charge is 0.00684 e. The van der Waals surface area contributed by atoms with E-state index in [0.717, 1.165) is 12.0 Å². The Morgan fingerprint density at radius 3 is 2.35 bits per heavy atom. The van der Waals surface area contributed by atoms with Crippen molar-refractivity contribution in [2.75, 3.05) is 26.7 Å². The first-order valence-electron chi connectivity index (χ1n) is 7.55. The number of hydrogen-bond acceptors (Lipinski definition) is 2. The SMILES string of the molecule is CCN(C)CC1(CNC2CC2)CCC(C)CC1. The van der Waals surface area contributed by atoms with Crippen molar-refractivity contribution in [3.05, 3.63) is 0 Å². The van der Waals surface area contributed by atoms with Gasteiger partial charge in [-0.2, -0.15) is 0 Å². The topological polar surface area (TPSA) is 15.3 Å². The zero-order valence-corrected chi connectivity index (χ0v) is 12.0. The molecule has 2 aliphatic rings. The molecule has 0 spiro atoms. The number of nitrogens with zero attached hydrogens (tertiary/aromatic N) is 1. The molecule has 0 saturated heterocycles. The largest absolute Gasteiger partial charge is 0.313 e. The Morgan fingerprint density at radius 1 is 1.18 bits per heavy atom. The maximum Gasteiger partial charge on any atom is 0.00684 e. The zero-order valence-electron chi connectivity index (χ0n) is 12.0. The molecule has 2 heteroatoms. The molecule has 0 unspecified atom stereocenters. The zero-order chi connectivity index (χ0) is 12.3. The van der Waals surface area contributed by atoms with Crippen molar-refractivity contribution in [1.29, 1.82) is 0 Å². The van der Waals surface area contributed by atoms with E-state index in [1.54, 1.807) is 0 Å². The van der Waals surface area contributed by atoms with Gasteiger partial charge in [-0.1, -0.05) is 26.7 Å². The van der Waals surface area contributed by atoms with Crippen molar-refractivity contribution in [2.24, 2.45) is 11.3 Å². The molecular weight excluding hydrogens is 208 g/mol. The Morgan fingerprint density at radius 2 is 1.82 bits per heavy atom. The van der Waals surface area contributed by atoms with Crippen molar-refractivity contribution in [3.63, 3.8) is 0 Å². The molecule has 0 aromatic rings. The summed E-state index contributed by atoms with van der Waals surface area (Å²) in [5, 5.41) is 3.78. The van der Waals surface area contributed by atoms with Crippen molar-refractivity contribution in [2.45, 2.75) is 58.4 Å². The molecule has 0 heterocycles. The molecule has 0 aromatic carbocycles. The van der Waals surface area contributed by atoms with E-state index < -0.39 is 0 Å². The Kier molecular flexibility index (Phi) is 4.48. The molecule has 2 nitrogen and oxygen atoms in total. The van der Waals surface area contributed by atoms with Gasteiger partial charge < -0.3 is 10.2 Å². The van der Waals surface area contributed by atoms with E-state index in [2.05, 4.69) is 31.1 Å². The van der Waals surface area contributed by atoms with Gasteiger partial charge in [0, 0.05) is 19.1 Å². The predicted octanol–water partition coefficient (Wildman–Crippen LogP) is 2.89. The second-order valence-electron chi connectivity index (χ2n) is 6.67. The molecule has 0 aliphatic heterocycles. The minimum Gasteiger partial charge on any atom is -0.313 e. The highest BCUT2D eigenvalue weighted by Crippen LogP contribution is 2.39. The van der Waals surface area contributed by atoms with Crippen LogP contribution in [-0.2, 0) is 0 Å². The Hall–Kier alpha value is -0.0800. The first-order valence-corrected chi connectivity index (χ1v) is 7.55. The van der Waals surface area contributed by atoms with Crippen molar-refractivity contribution in [1.82, 2.24) is 10.2 Å². The molecule has 0 aromatic heterocycles. The highest BCUT2D eigenvalue weighted by molar-refractivity contribution is 4.92. The maximum atomic E-state index is 3.78. The van der Waals surface area contributed by atoms with E-state index in [4.69, 9.17) is 0 Å². The fourth-order valence-electron chi connectivity index (χ4n) is 3.10. The van der Waals surface area contributed by atoms with E-state index in [1.165, 1.54) is 58.2 Å². The summed E-state index contributed by atoms with van der Waals surface area (Å²) in [7, 11) is 2.27. The molecule has 0 amide bonds. The van der Waals surface area contributed by atoms with Crippen molar-refractivity contribution < 1.29 is 0 Å². The van der Waals surface area contributed by atoms with Gasteiger partial charge in [0.25, 0.3) is 0 Å². The minimum absolute atomic E-state index is 0.569. The Bertz CT molecular complexity index is 227. The molecule has 17 heavy (non-hydrogen) atoms. The van der Waals surface area contributed by atoms with Crippen LogP contribution in [0.1, 0.15) is 52.4 Å². The second kappa shape index (κ2) is 5.71. The highest BCUT2D eigenvalue weighted by atomic mass is 15.1. The van der Waals surface area contributed by atoms with Crippen molar-refractivity contribution >= 4 is 0 Å². The third kappa shape index (κ3) is 3.96. The monoisotopic (exact) mass is 238 g/mol. The lowest BCUT2D eigenvalue weighted by Crippen LogP contribution is -2.45. The van der Waals surface area contributed by atoms with E-state index in [9.17, 15) is 0 Å². The minimum atomic E-state index is 0.569. The summed E-state index contributed by atoms with van der Waals surface area (Å²) in [6.07, 6.45) is 8.55. The van der Waals surface area contributed by atoms with Gasteiger partial charge in [-0.05, 0) is 50.6 Å². The Labute approximate surface area is 107 Å². The fraction of sp³-hybridized carbons (Fsp3) is 1.00. The average Bonchev–Trinajstić information content (AvgIpc) is 3.14. The molecule has 2 aliphatic carbocycles. The molecule has 100 valence electrons. The summed E-state index contributed by atoms with van der Waals surface area (Å²) < 4.78 is 0. The van der Waals surface area contributed by atoms with Crippen LogP contribution in [-0.4, -0.2) is 37.6 Å². The van der Waals surface area contributed by atoms with Gasteiger partial charge >= 0.3 is 0 Å². The normalized spacial score (nSPS) is 34.2. The van der Waals surface area contributed by atoms with Crippen LogP contribution in [0.4, 0.5) is 0 Å². The summed E-state index contributed by atoms with van der Waals surface area (Å²) in [4.78, 5) is 2.50. The van der Waals surface area contributed by atoms with Crippen molar-refractivity contribution in [3.8, 4) is 0 Å². The van der Waals surface area contributed by atoms with Gasteiger partial charge in [-0.3, -0.25) is 0 Å². The average molecular weight is 238 g/mol. The summed E-state index contributed by atoms with van der Waals surface area (Å²) in [6, 6.07) is 0.859. The summed E-state index contributed by atoms with van der Waals surface area (Å²) in [6.45, 7) is 8.42. The van der Waals surface area contributed by atoms with E-state index in [1.807, 2.05) is 0 Å². The molecule has 2 saturated carbocycles. The van der Waals surface area contributed by atoms with Crippen LogP contribution in [0, 0.1) is 11.3 Å². The molecule has 0 radical (unpaired) electrons. The predicted molar refractivity (Wildman–Crippen MR) is 74.3 cm³/mol. The lowest BCUT2D eigenvalue weighted by molar-refractivity contribution is 0.101. The lowest BCUT2D eigenvalue weighted by atomic mass is 9.70. The van der Waals surface area contributed by atoms with Gasteiger partial charge in [0.1, 0.15) is 0 Å². The quantitative estimate of drug-likeness (QED) is 0.765. The van der Waals surface area contributed by atoms with Crippen LogP contribution in [0.15, 0.2) is 0 Å². The van der Waals surface area contributed by atoms with Gasteiger partial charge in [0.2, 0.25) is 0 Å². The van der Waals surface area contributed by atoms with Gasteiger partial charge in [-0.25, -0.2) is 0 Å². The van der Waals surface area contributed by atoms with Gasteiger partial charge in [0.15, 0.2) is 0 Å². The van der Waals surface area contributed by atoms with Gasteiger partial charge in [0.05, 0.1) is 0 Å². The van der Waals surface area contributed by atoms with E-state index in [-0.39, 0.29) is 0 Å². The molecule has 1 N–H and O–H groups in total. The number of nitrogens with one attached hydrogen (secondary N) is 1. The van der Waals surface area contributed by atoms with E-state index >= 15 is 0 Å². The van der Waals surface area contributed by atoms with Gasteiger partial charge in [-0.15, -0.1) is 0 Å². The lowest BCUT2D eigenvalue weighted by Gasteiger charge is -2.42. The summed E-state index contributed by atoms with van der Waals surface area (Å²) in [5.74, 6) is 0.955. The number of rotatable bonds is 6. The van der Waals surface area contributed by atoms with Crippen LogP contribution in [0.2, 0.25) is 0 Å². The van der Waals surface area contributed by atoms with E-state index in [0.29, 0.717) is 5.41 Å². The molecule has 0 atom stereocenters. The molecule has 2 rings (SSSR count). The van der Waals surface area contributed by atoms with Crippen LogP contribution >= 0.6 is 0 Å². The highest BCUT2D eigenvalue weighted by Gasteiger charge is 2.36. The summed E-state index contributed by atoms with van der Waals surface area (Å²) in [5.41, 5.74) is 0.569. The fourth-order valence-corrected chi connectivity index (χ4v) is 3.10. The summed E-state index contributed by atoms with van der Waals surface area (Å²) >= 11 is 0. The van der Waals surface area contributed by atoms with Crippen LogP contribution in [0.25, 0.3) is 0 Å². The third-order valence-electron chi connectivity index (χ3n) is 4.82.